The largest absolute Gasteiger partial charge is 0.381 e. The molecule has 0 aliphatic carbocycles. The lowest BCUT2D eigenvalue weighted by molar-refractivity contribution is -0.116. The molecule has 114 valence electrons. The molecule has 21 heavy (non-hydrogen) atoms. The zero-order valence-electron chi connectivity index (χ0n) is 12.4. The first-order valence-electron chi connectivity index (χ1n) is 7.49. The lowest BCUT2D eigenvalue weighted by Gasteiger charge is -2.17. The minimum absolute atomic E-state index is 0.0341. The molecule has 0 bridgehead atoms. The van der Waals surface area contributed by atoms with E-state index >= 15 is 0 Å². The molecule has 0 fully saturated rings. The Bertz CT molecular complexity index is 514. The molecule has 0 spiro atoms. The number of anilines is 1. The molecule has 0 unspecified atom stereocenters. The second-order valence-corrected chi connectivity index (χ2v) is 5.14. The molecule has 2 amide bonds. The van der Waals surface area contributed by atoms with Crippen molar-refractivity contribution in [3.05, 3.63) is 29.3 Å². The highest BCUT2D eigenvalue weighted by Crippen LogP contribution is 2.23. The highest BCUT2D eigenvalue weighted by atomic mass is 16.5. The van der Waals surface area contributed by atoms with Gasteiger partial charge in [0.1, 0.15) is 0 Å². The summed E-state index contributed by atoms with van der Waals surface area (Å²) >= 11 is 0. The number of ether oxygens (including phenoxy) is 1. The third-order valence-corrected chi connectivity index (χ3v) is 3.36. The van der Waals surface area contributed by atoms with E-state index in [0.717, 1.165) is 30.7 Å². The Morgan fingerprint density at radius 3 is 3.00 bits per heavy atom. The zero-order chi connectivity index (χ0) is 15.1. The zero-order valence-corrected chi connectivity index (χ0v) is 12.4. The van der Waals surface area contributed by atoms with Gasteiger partial charge in [-0.1, -0.05) is 6.92 Å². The van der Waals surface area contributed by atoms with Crippen LogP contribution in [0.25, 0.3) is 0 Å². The average molecular weight is 290 g/mol. The van der Waals surface area contributed by atoms with E-state index in [1.807, 2.05) is 6.07 Å². The maximum absolute atomic E-state index is 12.0. The van der Waals surface area contributed by atoms with Gasteiger partial charge in [0.25, 0.3) is 5.91 Å². The summed E-state index contributed by atoms with van der Waals surface area (Å²) in [5.41, 5.74) is 2.48. The molecule has 1 aliphatic rings. The fraction of sp³-hybridized carbons (Fsp3) is 0.500. The average Bonchev–Trinajstić information content (AvgIpc) is 2.50. The standard InChI is InChI=1S/C16H22N2O3/c1-2-9-21-10-3-8-17-16(20)13-4-6-14-12(11-13)5-7-15(19)18-14/h4,6,11H,2-3,5,7-10H2,1H3,(H,17,20)(H,18,19). The van der Waals surface area contributed by atoms with Gasteiger partial charge in [-0.3, -0.25) is 9.59 Å². The summed E-state index contributed by atoms with van der Waals surface area (Å²) in [4.78, 5) is 23.3. The number of carbonyl (C=O) groups is 2. The number of amides is 2. The van der Waals surface area contributed by atoms with Gasteiger partial charge < -0.3 is 15.4 Å². The van der Waals surface area contributed by atoms with Gasteiger partial charge in [0.05, 0.1) is 0 Å². The quantitative estimate of drug-likeness (QED) is 0.756. The van der Waals surface area contributed by atoms with E-state index in [0.29, 0.717) is 31.6 Å². The van der Waals surface area contributed by atoms with E-state index < -0.39 is 0 Å². The molecule has 5 nitrogen and oxygen atoms in total. The van der Waals surface area contributed by atoms with Gasteiger partial charge in [0.2, 0.25) is 5.91 Å². The van der Waals surface area contributed by atoms with Crippen molar-refractivity contribution < 1.29 is 14.3 Å². The van der Waals surface area contributed by atoms with Crippen molar-refractivity contribution >= 4 is 17.5 Å². The number of rotatable bonds is 7. The number of aryl methyl sites for hydroxylation is 1. The molecule has 2 N–H and O–H groups in total. The summed E-state index contributed by atoms with van der Waals surface area (Å²) in [6, 6.07) is 5.40. The first-order chi connectivity index (χ1) is 10.2. The number of hydrogen-bond acceptors (Lipinski definition) is 3. The minimum atomic E-state index is -0.0785. The number of carbonyl (C=O) groups excluding carboxylic acids is 2. The highest BCUT2D eigenvalue weighted by molar-refractivity contribution is 5.97. The Kier molecular flexibility index (Phi) is 5.75. The molecule has 1 aliphatic heterocycles. The summed E-state index contributed by atoms with van der Waals surface area (Å²) in [5, 5.41) is 5.70. The van der Waals surface area contributed by atoms with Gasteiger partial charge in [-0.25, -0.2) is 0 Å². The molecule has 1 aromatic carbocycles. The summed E-state index contributed by atoms with van der Waals surface area (Å²) in [6.07, 6.45) is 2.99. The first-order valence-corrected chi connectivity index (χ1v) is 7.49. The second-order valence-electron chi connectivity index (χ2n) is 5.14. The van der Waals surface area contributed by atoms with Crippen LogP contribution in [-0.4, -0.2) is 31.6 Å². The normalized spacial score (nSPS) is 13.5. The van der Waals surface area contributed by atoms with E-state index in [1.165, 1.54) is 0 Å². The Balaban J connectivity index is 1.81. The maximum atomic E-state index is 12.0. The number of hydrogen-bond donors (Lipinski definition) is 2. The number of fused-ring (bicyclic) bond motifs is 1. The monoisotopic (exact) mass is 290 g/mol. The topological polar surface area (TPSA) is 67.4 Å². The predicted molar refractivity (Wildman–Crippen MR) is 81.5 cm³/mol. The van der Waals surface area contributed by atoms with Gasteiger partial charge in [0.15, 0.2) is 0 Å². The second kappa shape index (κ2) is 7.78. The van der Waals surface area contributed by atoms with Gasteiger partial charge in [-0.2, -0.15) is 0 Å². The fourth-order valence-corrected chi connectivity index (χ4v) is 2.25. The Hall–Kier alpha value is -1.88. The summed E-state index contributed by atoms with van der Waals surface area (Å²) in [7, 11) is 0. The Morgan fingerprint density at radius 1 is 1.33 bits per heavy atom. The smallest absolute Gasteiger partial charge is 0.251 e. The summed E-state index contributed by atoms with van der Waals surface area (Å²) in [5.74, 6) is -0.0445. The van der Waals surface area contributed by atoms with Gasteiger partial charge in [0, 0.05) is 37.4 Å². The molecule has 0 atom stereocenters. The van der Waals surface area contributed by atoms with Crippen molar-refractivity contribution in [3.8, 4) is 0 Å². The number of benzene rings is 1. The van der Waals surface area contributed by atoms with E-state index in [4.69, 9.17) is 4.74 Å². The van der Waals surface area contributed by atoms with Gasteiger partial charge >= 0.3 is 0 Å². The van der Waals surface area contributed by atoms with Crippen LogP contribution in [0.4, 0.5) is 5.69 Å². The van der Waals surface area contributed by atoms with Crippen LogP contribution in [0, 0.1) is 0 Å². The molecule has 0 aromatic heterocycles. The van der Waals surface area contributed by atoms with Crippen LogP contribution in [0.2, 0.25) is 0 Å². The minimum Gasteiger partial charge on any atom is -0.381 e. The van der Waals surface area contributed by atoms with Crippen LogP contribution >= 0.6 is 0 Å². The molecular formula is C16H22N2O3. The third kappa shape index (κ3) is 4.56. The fourth-order valence-electron chi connectivity index (χ4n) is 2.25. The van der Waals surface area contributed by atoms with Crippen LogP contribution in [0.3, 0.4) is 0 Å². The maximum Gasteiger partial charge on any atom is 0.251 e. The summed E-state index contributed by atoms with van der Waals surface area (Å²) < 4.78 is 5.36. The molecule has 0 saturated carbocycles. The van der Waals surface area contributed by atoms with E-state index in [-0.39, 0.29) is 11.8 Å². The van der Waals surface area contributed by atoms with Crippen molar-refractivity contribution in [2.24, 2.45) is 0 Å². The third-order valence-electron chi connectivity index (χ3n) is 3.36. The van der Waals surface area contributed by atoms with E-state index in [9.17, 15) is 9.59 Å². The van der Waals surface area contributed by atoms with Crippen molar-refractivity contribution in [2.45, 2.75) is 32.6 Å². The van der Waals surface area contributed by atoms with E-state index in [1.54, 1.807) is 12.1 Å². The number of nitrogens with one attached hydrogen (secondary N) is 2. The van der Waals surface area contributed by atoms with Crippen molar-refractivity contribution in [3.63, 3.8) is 0 Å². The molecule has 1 heterocycles. The SMILES string of the molecule is CCCOCCCNC(=O)c1ccc2c(c1)CCC(=O)N2. The van der Waals surface area contributed by atoms with Crippen LogP contribution < -0.4 is 10.6 Å². The molecule has 0 saturated heterocycles. The van der Waals surface area contributed by atoms with Crippen LogP contribution in [-0.2, 0) is 16.0 Å². The van der Waals surface area contributed by atoms with E-state index in [2.05, 4.69) is 17.6 Å². The summed E-state index contributed by atoms with van der Waals surface area (Å²) in [6.45, 7) is 4.12. The molecule has 2 rings (SSSR count). The highest BCUT2D eigenvalue weighted by Gasteiger charge is 2.16. The van der Waals surface area contributed by atoms with Crippen molar-refractivity contribution in [1.29, 1.82) is 0 Å². The van der Waals surface area contributed by atoms with Crippen molar-refractivity contribution in [1.82, 2.24) is 5.32 Å². The van der Waals surface area contributed by atoms with Gasteiger partial charge in [-0.05, 0) is 43.0 Å². The molecule has 5 heteroatoms. The Morgan fingerprint density at radius 2 is 2.19 bits per heavy atom. The Labute approximate surface area is 125 Å². The molecular weight excluding hydrogens is 268 g/mol. The van der Waals surface area contributed by atoms with Crippen LogP contribution in [0.5, 0.6) is 0 Å². The lowest BCUT2D eigenvalue weighted by atomic mass is 10.00. The predicted octanol–water partition coefficient (Wildman–Crippen LogP) is 2.12. The first kappa shape index (κ1) is 15.5. The lowest BCUT2D eigenvalue weighted by Crippen LogP contribution is -2.26. The van der Waals surface area contributed by atoms with Crippen LogP contribution in [0.1, 0.15) is 42.1 Å². The van der Waals surface area contributed by atoms with Crippen molar-refractivity contribution in [2.75, 3.05) is 25.1 Å². The van der Waals surface area contributed by atoms with Gasteiger partial charge in [-0.15, -0.1) is 0 Å². The van der Waals surface area contributed by atoms with Crippen LogP contribution in [0.15, 0.2) is 18.2 Å². The molecule has 0 radical (unpaired) electrons. The molecule has 1 aromatic rings.